The van der Waals surface area contributed by atoms with Crippen LogP contribution >= 0.6 is 28.3 Å². The van der Waals surface area contributed by atoms with Crippen LogP contribution in [-0.2, 0) is 11.3 Å². The van der Waals surface area contributed by atoms with Gasteiger partial charge >= 0.3 is 0 Å². The molecular formula is C14H19BrClFN2O. The Balaban J connectivity index is 0.00000200. The normalized spacial score (nSPS) is 15.6. The number of benzene rings is 1. The molecule has 2 rings (SSSR count). The highest BCUT2D eigenvalue weighted by Gasteiger charge is 2.24. The molecule has 20 heavy (non-hydrogen) atoms. The predicted molar refractivity (Wildman–Crippen MR) is 83.4 cm³/mol. The number of rotatable bonds is 3. The first-order valence-corrected chi connectivity index (χ1v) is 7.27. The van der Waals surface area contributed by atoms with E-state index in [2.05, 4.69) is 21.2 Å². The first kappa shape index (κ1) is 17.4. The zero-order valence-electron chi connectivity index (χ0n) is 11.4. The van der Waals surface area contributed by atoms with Crippen LogP contribution in [0.25, 0.3) is 0 Å². The van der Waals surface area contributed by atoms with Crippen molar-refractivity contribution >= 4 is 34.2 Å². The van der Waals surface area contributed by atoms with Crippen molar-refractivity contribution < 1.29 is 9.18 Å². The molecule has 0 bridgehead atoms. The molecule has 112 valence electrons. The lowest BCUT2D eigenvalue weighted by Gasteiger charge is -2.27. The van der Waals surface area contributed by atoms with Crippen LogP contribution in [0.4, 0.5) is 4.39 Å². The zero-order chi connectivity index (χ0) is 13.8. The molecule has 1 fully saturated rings. The van der Waals surface area contributed by atoms with Gasteiger partial charge in [0.15, 0.2) is 0 Å². The maximum Gasteiger partial charge on any atom is 0.225 e. The highest BCUT2D eigenvalue weighted by Crippen LogP contribution is 2.19. The van der Waals surface area contributed by atoms with Crippen molar-refractivity contribution in [3.05, 3.63) is 34.1 Å². The second kappa shape index (κ2) is 7.96. The standard InChI is InChI=1S/C14H18BrFN2O.ClH/c1-18(14(19)10-4-6-17-7-5-10)9-11-8-12(15)2-3-13(11)16;/h2-3,8,10,17H,4-7,9H2,1H3;1H. The maximum atomic E-state index is 13.7. The van der Waals surface area contributed by atoms with Gasteiger partial charge in [0.1, 0.15) is 5.82 Å². The maximum absolute atomic E-state index is 13.7. The lowest BCUT2D eigenvalue weighted by atomic mass is 9.96. The summed E-state index contributed by atoms with van der Waals surface area (Å²) in [5.41, 5.74) is 0.541. The third kappa shape index (κ3) is 4.43. The van der Waals surface area contributed by atoms with E-state index in [1.807, 2.05) is 0 Å². The van der Waals surface area contributed by atoms with Gasteiger partial charge in [-0.2, -0.15) is 0 Å². The zero-order valence-corrected chi connectivity index (χ0v) is 13.8. The Morgan fingerprint density at radius 1 is 1.45 bits per heavy atom. The summed E-state index contributed by atoms with van der Waals surface area (Å²) in [5.74, 6) is -0.0875. The molecule has 0 atom stereocenters. The molecule has 1 saturated heterocycles. The third-order valence-electron chi connectivity index (χ3n) is 3.48. The largest absolute Gasteiger partial charge is 0.341 e. The fourth-order valence-electron chi connectivity index (χ4n) is 2.38. The average Bonchev–Trinajstić information content (AvgIpc) is 2.43. The molecular weight excluding hydrogens is 347 g/mol. The monoisotopic (exact) mass is 364 g/mol. The highest BCUT2D eigenvalue weighted by atomic mass is 79.9. The summed E-state index contributed by atoms with van der Waals surface area (Å²) in [7, 11) is 1.74. The van der Waals surface area contributed by atoms with Crippen molar-refractivity contribution in [1.29, 1.82) is 0 Å². The van der Waals surface area contributed by atoms with Gasteiger partial charge in [0, 0.05) is 29.5 Å². The second-order valence-electron chi connectivity index (χ2n) is 4.95. The highest BCUT2D eigenvalue weighted by molar-refractivity contribution is 9.10. The molecule has 0 spiro atoms. The Labute approximate surface area is 133 Å². The summed E-state index contributed by atoms with van der Waals surface area (Å²) in [5, 5.41) is 3.24. The van der Waals surface area contributed by atoms with E-state index in [0.29, 0.717) is 12.1 Å². The minimum atomic E-state index is -0.270. The van der Waals surface area contributed by atoms with Crippen molar-refractivity contribution in [3.8, 4) is 0 Å². The smallest absolute Gasteiger partial charge is 0.225 e. The molecule has 0 saturated carbocycles. The SMILES string of the molecule is CN(Cc1cc(Br)ccc1F)C(=O)C1CCNCC1.Cl. The van der Waals surface area contributed by atoms with Crippen molar-refractivity contribution in [1.82, 2.24) is 10.2 Å². The van der Waals surface area contributed by atoms with Gasteiger partial charge in [-0.05, 0) is 44.1 Å². The van der Waals surface area contributed by atoms with Crippen LogP contribution in [0.2, 0.25) is 0 Å². The van der Waals surface area contributed by atoms with Crippen LogP contribution in [0.1, 0.15) is 18.4 Å². The van der Waals surface area contributed by atoms with Crippen LogP contribution in [0.15, 0.2) is 22.7 Å². The molecule has 0 aromatic heterocycles. The number of halogens is 3. The minimum Gasteiger partial charge on any atom is -0.341 e. The molecule has 6 heteroatoms. The molecule has 0 unspecified atom stereocenters. The Kier molecular flexibility index (Phi) is 6.92. The quantitative estimate of drug-likeness (QED) is 0.893. The van der Waals surface area contributed by atoms with E-state index in [0.717, 1.165) is 30.4 Å². The summed E-state index contributed by atoms with van der Waals surface area (Å²) in [6.45, 7) is 2.08. The lowest BCUT2D eigenvalue weighted by molar-refractivity contribution is -0.135. The van der Waals surface area contributed by atoms with Crippen LogP contribution in [0.5, 0.6) is 0 Å². The van der Waals surface area contributed by atoms with E-state index in [4.69, 9.17) is 0 Å². The van der Waals surface area contributed by atoms with E-state index < -0.39 is 0 Å². The molecule has 1 N–H and O–H groups in total. The Bertz CT molecular complexity index is 466. The summed E-state index contributed by atoms with van der Waals surface area (Å²) < 4.78 is 14.5. The molecule has 1 aliphatic rings. The minimum absolute atomic E-state index is 0. The predicted octanol–water partition coefficient (Wildman–Crippen LogP) is 2.97. The topological polar surface area (TPSA) is 32.3 Å². The number of amides is 1. The molecule has 3 nitrogen and oxygen atoms in total. The van der Waals surface area contributed by atoms with Gasteiger partial charge in [-0.1, -0.05) is 15.9 Å². The average molecular weight is 366 g/mol. The van der Waals surface area contributed by atoms with Gasteiger partial charge in [0.05, 0.1) is 0 Å². The summed E-state index contributed by atoms with van der Waals surface area (Å²) in [6.07, 6.45) is 1.73. The molecule has 1 aromatic carbocycles. The Morgan fingerprint density at radius 2 is 2.10 bits per heavy atom. The Hall–Kier alpha value is -0.650. The molecule has 1 aliphatic heterocycles. The molecule has 1 amide bonds. The fraction of sp³-hybridized carbons (Fsp3) is 0.500. The molecule has 0 radical (unpaired) electrons. The van der Waals surface area contributed by atoms with E-state index >= 15 is 0 Å². The van der Waals surface area contributed by atoms with Crippen molar-refractivity contribution in [2.24, 2.45) is 5.92 Å². The number of nitrogens with one attached hydrogen (secondary N) is 1. The number of carbonyl (C=O) groups excluding carboxylic acids is 1. The van der Waals surface area contributed by atoms with E-state index in [9.17, 15) is 9.18 Å². The number of hydrogen-bond acceptors (Lipinski definition) is 2. The van der Waals surface area contributed by atoms with Gasteiger partial charge in [-0.25, -0.2) is 4.39 Å². The first-order chi connectivity index (χ1) is 9.08. The molecule has 0 aliphatic carbocycles. The van der Waals surface area contributed by atoms with Crippen LogP contribution in [0.3, 0.4) is 0 Å². The lowest BCUT2D eigenvalue weighted by Crippen LogP contribution is -2.39. The third-order valence-corrected chi connectivity index (χ3v) is 3.97. The van der Waals surface area contributed by atoms with Crippen LogP contribution in [-0.4, -0.2) is 30.9 Å². The van der Waals surface area contributed by atoms with Gasteiger partial charge in [0.2, 0.25) is 5.91 Å². The van der Waals surface area contributed by atoms with Crippen LogP contribution < -0.4 is 5.32 Å². The van der Waals surface area contributed by atoms with Gasteiger partial charge in [-0.3, -0.25) is 4.79 Å². The fourth-order valence-corrected chi connectivity index (χ4v) is 2.79. The van der Waals surface area contributed by atoms with Crippen molar-refractivity contribution in [3.63, 3.8) is 0 Å². The van der Waals surface area contributed by atoms with Gasteiger partial charge < -0.3 is 10.2 Å². The second-order valence-corrected chi connectivity index (χ2v) is 5.87. The van der Waals surface area contributed by atoms with Gasteiger partial charge in [0.25, 0.3) is 0 Å². The summed E-state index contributed by atoms with van der Waals surface area (Å²) >= 11 is 3.32. The molecule has 1 aromatic rings. The number of carbonyl (C=O) groups is 1. The Morgan fingerprint density at radius 3 is 2.75 bits per heavy atom. The number of piperidine rings is 1. The summed E-state index contributed by atoms with van der Waals surface area (Å²) in [6, 6.07) is 4.80. The van der Waals surface area contributed by atoms with Crippen molar-refractivity contribution in [2.45, 2.75) is 19.4 Å². The van der Waals surface area contributed by atoms with Crippen molar-refractivity contribution in [2.75, 3.05) is 20.1 Å². The molecule has 1 heterocycles. The number of nitrogens with zero attached hydrogens (tertiary/aromatic N) is 1. The van der Waals surface area contributed by atoms with E-state index in [1.54, 1.807) is 24.1 Å². The number of hydrogen-bond donors (Lipinski definition) is 1. The van der Waals surface area contributed by atoms with Crippen LogP contribution in [0, 0.1) is 11.7 Å². The first-order valence-electron chi connectivity index (χ1n) is 6.47. The van der Waals surface area contributed by atoms with Gasteiger partial charge in [-0.15, -0.1) is 12.4 Å². The van der Waals surface area contributed by atoms with E-state index in [-0.39, 0.29) is 30.0 Å². The van der Waals surface area contributed by atoms with E-state index in [1.165, 1.54) is 6.07 Å². The summed E-state index contributed by atoms with van der Waals surface area (Å²) in [4.78, 5) is 13.9.